The lowest BCUT2D eigenvalue weighted by Gasteiger charge is -2.34. The fourth-order valence-corrected chi connectivity index (χ4v) is 3.55. The molecule has 0 saturated carbocycles. The predicted molar refractivity (Wildman–Crippen MR) is 95.4 cm³/mol. The van der Waals surface area contributed by atoms with Gasteiger partial charge in [-0.2, -0.15) is 0 Å². The molecule has 1 amide bonds. The van der Waals surface area contributed by atoms with Gasteiger partial charge in [0.2, 0.25) is 0 Å². The highest BCUT2D eigenvalue weighted by Crippen LogP contribution is 2.26. The monoisotopic (exact) mass is 341 g/mol. The van der Waals surface area contributed by atoms with E-state index in [1.54, 1.807) is 11.0 Å². The lowest BCUT2D eigenvalue weighted by atomic mass is 9.92. The molecule has 1 heterocycles. The van der Waals surface area contributed by atoms with Crippen LogP contribution in [-0.2, 0) is 9.53 Å². The molecule has 0 aliphatic carbocycles. The van der Waals surface area contributed by atoms with Gasteiger partial charge in [-0.3, -0.25) is 4.79 Å². The molecule has 0 radical (unpaired) electrons. The molecule has 2 atom stereocenters. The quantitative estimate of drug-likeness (QED) is 0.871. The Labute approximate surface area is 147 Å². The summed E-state index contributed by atoms with van der Waals surface area (Å²) in [4.78, 5) is 26.3. The maximum atomic E-state index is 12.3. The molecule has 1 N–H and O–H groups in total. The van der Waals surface area contributed by atoms with Gasteiger partial charge >= 0.3 is 5.97 Å². The Balaban J connectivity index is 1.66. The third kappa shape index (κ3) is 3.92. The second-order valence-corrected chi connectivity index (χ2v) is 7.04. The van der Waals surface area contributed by atoms with Gasteiger partial charge in [0.25, 0.3) is 5.91 Å². The largest absolute Gasteiger partial charge is 0.507 e. The number of phenolic OH excluding ortho intramolecular Hbond substituents is 1. The number of hydrogen-bond acceptors (Lipinski definition) is 4. The van der Waals surface area contributed by atoms with Crippen LogP contribution in [0.3, 0.4) is 0 Å². The van der Waals surface area contributed by atoms with Crippen molar-refractivity contribution >= 4 is 22.6 Å². The van der Waals surface area contributed by atoms with Crippen LogP contribution in [0.25, 0.3) is 10.8 Å². The molecule has 1 aliphatic heterocycles. The molecule has 1 saturated heterocycles. The van der Waals surface area contributed by atoms with Crippen molar-refractivity contribution in [2.45, 2.75) is 20.3 Å². The fourth-order valence-electron chi connectivity index (χ4n) is 3.55. The second-order valence-electron chi connectivity index (χ2n) is 7.04. The van der Waals surface area contributed by atoms with E-state index < -0.39 is 5.97 Å². The van der Waals surface area contributed by atoms with Crippen LogP contribution in [0, 0.1) is 11.8 Å². The van der Waals surface area contributed by atoms with Crippen molar-refractivity contribution in [3.8, 4) is 5.75 Å². The first-order chi connectivity index (χ1) is 11.9. The van der Waals surface area contributed by atoms with Crippen LogP contribution >= 0.6 is 0 Å². The molecule has 2 aromatic rings. The number of benzene rings is 2. The van der Waals surface area contributed by atoms with Gasteiger partial charge in [0, 0.05) is 13.1 Å². The molecule has 0 unspecified atom stereocenters. The van der Waals surface area contributed by atoms with Crippen LogP contribution in [0.15, 0.2) is 36.4 Å². The molecule has 0 aromatic heterocycles. The predicted octanol–water partition coefficient (Wildman–Crippen LogP) is 3.21. The standard InChI is InChI=1S/C20H23NO4/c1-13-7-14(2)11-21(10-13)19(23)12-25-20(24)17-8-15-5-3-4-6-16(15)9-18(17)22/h3-6,8-9,13-14,22H,7,10-12H2,1-2H3/t13-,14-/m0/s1. The molecule has 5 heteroatoms. The van der Waals surface area contributed by atoms with E-state index in [1.807, 2.05) is 24.3 Å². The number of aromatic hydroxyl groups is 1. The van der Waals surface area contributed by atoms with E-state index in [1.165, 1.54) is 6.07 Å². The van der Waals surface area contributed by atoms with Crippen LogP contribution < -0.4 is 0 Å². The number of esters is 1. The SMILES string of the molecule is C[C@H]1C[C@H](C)CN(C(=O)COC(=O)c2cc3ccccc3cc2O)C1. The van der Waals surface area contributed by atoms with Crippen molar-refractivity contribution in [1.29, 1.82) is 0 Å². The number of piperidine rings is 1. The average molecular weight is 341 g/mol. The van der Waals surface area contributed by atoms with E-state index in [-0.39, 0.29) is 23.8 Å². The Bertz CT molecular complexity index is 791. The highest BCUT2D eigenvalue weighted by Gasteiger charge is 2.26. The van der Waals surface area contributed by atoms with Gasteiger partial charge < -0.3 is 14.7 Å². The molecule has 25 heavy (non-hydrogen) atoms. The first kappa shape index (κ1) is 17.3. The highest BCUT2D eigenvalue weighted by molar-refractivity contribution is 5.99. The van der Waals surface area contributed by atoms with Crippen LogP contribution in [0.4, 0.5) is 0 Å². The Morgan fingerprint density at radius 1 is 1.12 bits per heavy atom. The van der Waals surface area contributed by atoms with E-state index in [2.05, 4.69) is 13.8 Å². The minimum Gasteiger partial charge on any atom is -0.507 e. The molecular formula is C20H23NO4. The van der Waals surface area contributed by atoms with Crippen molar-refractivity contribution in [2.24, 2.45) is 11.8 Å². The summed E-state index contributed by atoms with van der Waals surface area (Å²) in [5.74, 6) is -0.112. The van der Waals surface area contributed by atoms with Crippen molar-refractivity contribution in [1.82, 2.24) is 4.90 Å². The average Bonchev–Trinajstić information content (AvgIpc) is 2.57. The van der Waals surface area contributed by atoms with Crippen molar-refractivity contribution in [3.63, 3.8) is 0 Å². The minimum absolute atomic E-state index is 0.0758. The lowest BCUT2D eigenvalue weighted by Crippen LogP contribution is -2.44. The van der Waals surface area contributed by atoms with Gasteiger partial charge in [-0.25, -0.2) is 4.79 Å². The summed E-state index contributed by atoms with van der Waals surface area (Å²) in [6.07, 6.45) is 1.11. The molecule has 0 bridgehead atoms. The zero-order chi connectivity index (χ0) is 18.0. The van der Waals surface area contributed by atoms with Crippen LogP contribution in [0.2, 0.25) is 0 Å². The Hall–Kier alpha value is -2.56. The maximum Gasteiger partial charge on any atom is 0.342 e. The van der Waals surface area contributed by atoms with E-state index in [9.17, 15) is 14.7 Å². The van der Waals surface area contributed by atoms with Gasteiger partial charge in [-0.15, -0.1) is 0 Å². The number of ether oxygens (including phenoxy) is 1. The number of phenols is 1. The molecule has 1 aliphatic rings. The second kappa shape index (κ2) is 7.13. The Kier molecular flexibility index (Phi) is 4.93. The van der Waals surface area contributed by atoms with Crippen molar-refractivity contribution in [2.75, 3.05) is 19.7 Å². The van der Waals surface area contributed by atoms with Gasteiger partial charge in [-0.1, -0.05) is 38.1 Å². The van der Waals surface area contributed by atoms with E-state index >= 15 is 0 Å². The minimum atomic E-state index is -0.685. The van der Waals surface area contributed by atoms with E-state index in [0.29, 0.717) is 24.9 Å². The summed E-state index contributed by atoms with van der Waals surface area (Å²) >= 11 is 0. The zero-order valence-corrected chi connectivity index (χ0v) is 14.6. The summed E-state index contributed by atoms with van der Waals surface area (Å²) in [5, 5.41) is 11.7. The molecule has 3 rings (SSSR count). The first-order valence-electron chi connectivity index (χ1n) is 8.60. The first-order valence-corrected chi connectivity index (χ1v) is 8.60. The molecule has 0 spiro atoms. The van der Waals surface area contributed by atoms with Gasteiger partial charge in [-0.05, 0) is 41.2 Å². The van der Waals surface area contributed by atoms with Crippen LogP contribution in [0.5, 0.6) is 5.75 Å². The van der Waals surface area contributed by atoms with Gasteiger partial charge in [0.05, 0.1) is 0 Å². The topological polar surface area (TPSA) is 66.8 Å². The number of carbonyl (C=O) groups is 2. The molecule has 132 valence electrons. The summed E-state index contributed by atoms with van der Waals surface area (Å²) in [6, 6.07) is 10.5. The number of amides is 1. The van der Waals surface area contributed by atoms with Crippen molar-refractivity contribution in [3.05, 3.63) is 42.0 Å². The molecule has 5 nitrogen and oxygen atoms in total. The smallest absolute Gasteiger partial charge is 0.342 e. The third-order valence-electron chi connectivity index (χ3n) is 4.63. The highest BCUT2D eigenvalue weighted by atomic mass is 16.5. The summed E-state index contributed by atoms with van der Waals surface area (Å²) < 4.78 is 5.15. The molecule has 1 fully saturated rings. The number of fused-ring (bicyclic) bond motifs is 1. The van der Waals surface area contributed by atoms with Gasteiger partial charge in [0.1, 0.15) is 11.3 Å². The summed E-state index contributed by atoms with van der Waals surface area (Å²) in [6.45, 7) is 5.33. The summed E-state index contributed by atoms with van der Waals surface area (Å²) in [7, 11) is 0. The molecule has 2 aromatic carbocycles. The number of nitrogens with zero attached hydrogens (tertiary/aromatic N) is 1. The Morgan fingerprint density at radius 3 is 2.36 bits per heavy atom. The van der Waals surface area contributed by atoms with E-state index in [0.717, 1.165) is 17.2 Å². The molecular weight excluding hydrogens is 318 g/mol. The number of hydrogen-bond donors (Lipinski definition) is 1. The normalized spacial score (nSPS) is 20.5. The number of rotatable bonds is 3. The Morgan fingerprint density at radius 2 is 1.72 bits per heavy atom. The van der Waals surface area contributed by atoms with E-state index in [4.69, 9.17) is 4.74 Å². The zero-order valence-electron chi connectivity index (χ0n) is 14.6. The number of likely N-dealkylation sites (tertiary alicyclic amines) is 1. The van der Waals surface area contributed by atoms with Gasteiger partial charge in [0.15, 0.2) is 6.61 Å². The fraction of sp³-hybridized carbons (Fsp3) is 0.400. The van der Waals surface area contributed by atoms with Crippen LogP contribution in [0.1, 0.15) is 30.6 Å². The van der Waals surface area contributed by atoms with Crippen molar-refractivity contribution < 1.29 is 19.4 Å². The van der Waals surface area contributed by atoms with Crippen LogP contribution in [-0.4, -0.2) is 41.6 Å². The third-order valence-corrected chi connectivity index (χ3v) is 4.63. The lowest BCUT2D eigenvalue weighted by molar-refractivity contribution is -0.137. The number of carbonyl (C=O) groups excluding carboxylic acids is 2. The maximum absolute atomic E-state index is 12.3. The summed E-state index contributed by atoms with van der Waals surface area (Å²) in [5.41, 5.74) is 0.0758.